The van der Waals surface area contributed by atoms with E-state index in [9.17, 15) is 18.4 Å². The van der Waals surface area contributed by atoms with Crippen LogP contribution in [0.2, 0.25) is 0 Å². The summed E-state index contributed by atoms with van der Waals surface area (Å²) in [6.07, 6.45) is -0.445. The molecule has 0 aliphatic carbocycles. The molecule has 160 valence electrons. The average molecular weight is 410 g/mol. The summed E-state index contributed by atoms with van der Waals surface area (Å²) < 4.78 is 34.1. The van der Waals surface area contributed by atoms with Gasteiger partial charge in [0.25, 0.3) is 6.43 Å². The number of nitrogens with one attached hydrogen (secondary N) is 1. The van der Waals surface area contributed by atoms with Gasteiger partial charge in [-0.2, -0.15) is 5.10 Å². The number of alkyl halides is 2. The number of cyclic esters (lactones) is 1. The predicted octanol–water partition coefficient (Wildman–Crippen LogP) is 2.76. The van der Waals surface area contributed by atoms with Crippen molar-refractivity contribution in [2.45, 2.75) is 70.6 Å². The number of aromatic nitrogens is 2. The van der Waals surface area contributed by atoms with E-state index in [4.69, 9.17) is 4.74 Å². The first-order chi connectivity index (χ1) is 13.7. The minimum absolute atomic E-state index is 0.0686. The molecular formula is C20H28F2N4O3. The molecule has 2 unspecified atom stereocenters. The van der Waals surface area contributed by atoms with Crippen LogP contribution in [-0.2, 0) is 14.3 Å². The molecule has 9 heteroatoms. The van der Waals surface area contributed by atoms with Crippen molar-refractivity contribution in [3.05, 3.63) is 11.8 Å². The van der Waals surface area contributed by atoms with Gasteiger partial charge in [-0.25, -0.2) is 13.5 Å². The van der Waals surface area contributed by atoms with Crippen LogP contribution in [0.4, 0.5) is 14.6 Å². The third-order valence-corrected chi connectivity index (χ3v) is 6.52. The van der Waals surface area contributed by atoms with Crippen molar-refractivity contribution in [3.8, 4) is 0 Å². The van der Waals surface area contributed by atoms with E-state index in [1.807, 2.05) is 0 Å². The van der Waals surface area contributed by atoms with Gasteiger partial charge in [-0.1, -0.05) is 0 Å². The molecule has 3 aliphatic heterocycles. The zero-order valence-corrected chi connectivity index (χ0v) is 17.0. The van der Waals surface area contributed by atoms with Crippen LogP contribution in [0.1, 0.15) is 51.3 Å². The summed E-state index contributed by atoms with van der Waals surface area (Å²) in [5, 5.41) is 7.59. The summed E-state index contributed by atoms with van der Waals surface area (Å²) >= 11 is 0. The number of rotatable bonds is 3. The Morgan fingerprint density at radius 1 is 1.41 bits per heavy atom. The number of aryl methyl sites for hydroxylation is 1. The Kier molecular flexibility index (Phi) is 5.02. The molecule has 4 atom stereocenters. The lowest BCUT2D eigenvalue weighted by Gasteiger charge is -2.42. The van der Waals surface area contributed by atoms with Crippen LogP contribution in [0.3, 0.4) is 0 Å². The normalized spacial score (nSPS) is 31.4. The van der Waals surface area contributed by atoms with Crippen LogP contribution < -0.4 is 5.32 Å². The molecule has 1 aromatic heterocycles. The summed E-state index contributed by atoms with van der Waals surface area (Å²) in [5.41, 5.74) is -0.109. The fraction of sp³-hybridized carbons (Fsp3) is 0.750. The summed E-state index contributed by atoms with van der Waals surface area (Å²) in [4.78, 5) is 26.6. The number of hydrogen-bond acceptors (Lipinski definition) is 5. The Hall–Kier alpha value is -2.19. The van der Waals surface area contributed by atoms with Crippen molar-refractivity contribution in [2.24, 2.45) is 11.8 Å². The quantitative estimate of drug-likeness (QED) is 0.776. The molecule has 2 fully saturated rings. The molecule has 3 aliphatic rings. The first kappa shape index (κ1) is 20.1. The first-order valence-corrected chi connectivity index (χ1v) is 10.3. The van der Waals surface area contributed by atoms with E-state index >= 15 is 0 Å². The number of carbonyl (C=O) groups excluding carboxylic acids is 2. The van der Waals surface area contributed by atoms with Crippen LogP contribution in [0.25, 0.3) is 0 Å². The number of fused-ring (bicyclic) bond motifs is 1. The third kappa shape index (κ3) is 3.71. The third-order valence-electron chi connectivity index (χ3n) is 6.52. The number of esters is 1. The number of ether oxygens (including phenoxy) is 1. The molecule has 0 spiro atoms. The standard InChI is InChI=1S/C20H28F2N4O3/c1-11-7-16-23-14(9-15(18(21)22)26(16)24-11)12-5-4-6-25(10-12)19(28)13-8-17(27)29-20(13,2)3/h7,12-15,18,23H,4-6,8-10H2,1-3H3/t12?,13?,14-,15+/m0/s1. The molecule has 1 N–H and O–H groups in total. The number of anilines is 1. The number of carbonyl (C=O) groups is 2. The molecule has 29 heavy (non-hydrogen) atoms. The Bertz CT molecular complexity index is 810. The topological polar surface area (TPSA) is 76.5 Å². The highest BCUT2D eigenvalue weighted by Gasteiger charge is 2.48. The molecule has 0 saturated carbocycles. The molecule has 7 nitrogen and oxygen atoms in total. The lowest BCUT2D eigenvalue weighted by atomic mass is 9.84. The van der Waals surface area contributed by atoms with E-state index in [0.717, 1.165) is 12.8 Å². The number of piperidine rings is 1. The van der Waals surface area contributed by atoms with Gasteiger partial charge in [0.05, 0.1) is 18.0 Å². The van der Waals surface area contributed by atoms with E-state index in [1.54, 1.807) is 31.7 Å². The lowest BCUT2D eigenvalue weighted by Crippen LogP contribution is -2.51. The van der Waals surface area contributed by atoms with Crippen molar-refractivity contribution < 1.29 is 23.1 Å². The molecule has 1 aromatic rings. The summed E-state index contributed by atoms with van der Waals surface area (Å²) in [6, 6.07) is 0.676. The van der Waals surface area contributed by atoms with E-state index in [2.05, 4.69) is 10.4 Å². The zero-order chi connectivity index (χ0) is 20.9. The van der Waals surface area contributed by atoms with Gasteiger partial charge in [0.2, 0.25) is 5.91 Å². The number of likely N-dealkylation sites (tertiary alicyclic amines) is 1. The fourth-order valence-corrected chi connectivity index (χ4v) is 4.97. The minimum Gasteiger partial charge on any atom is -0.459 e. The predicted molar refractivity (Wildman–Crippen MR) is 102 cm³/mol. The van der Waals surface area contributed by atoms with E-state index in [1.165, 1.54) is 4.68 Å². The first-order valence-electron chi connectivity index (χ1n) is 10.3. The van der Waals surface area contributed by atoms with Gasteiger partial charge in [0.15, 0.2) is 0 Å². The average Bonchev–Trinajstić information content (AvgIpc) is 3.16. The lowest BCUT2D eigenvalue weighted by molar-refractivity contribution is -0.149. The smallest absolute Gasteiger partial charge is 0.307 e. The molecule has 4 rings (SSSR count). The van der Waals surface area contributed by atoms with Crippen LogP contribution in [0, 0.1) is 18.8 Å². The Morgan fingerprint density at radius 3 is 2.83 bits per heavy atom. The number of hydrogen-bond donors (Lipinski definition) is 1. The highest BCUT2D eigenvalue weighted by molar-refractivity contribution is 5.87. The van der Waals surface area contributed by atoms with Gasteiger partial charge in [0, 0.05) is 25.2 Å². The molecule has 0 aromatic carbocycles. The van der Waals surface area contributed by atoms with E-state index in [-0.39, 0.29) is 36.7 Å². The fourth-order valence-electron chi connectivity index (χ4n) is 4.97. The Morgan fingerprint density at radius 2 is 2.17 bits per heavy atom. The van der Waals surface area contributed by atoms with Crippen LogP contribution >= 0.6 is 0 Å². The highest BCUT2D eigenvalue weighted by Crippen LogP contribution is 2.38. The van der Waals surface area contributed by atoms with Crippen molar-refractivity contribution in [1.82, 2.24) is 14.7 Å². The monoisotopic (exact) mass is 410 g/mol. The van der Waals surface area contributed by atoms with Crippen molar-refractivity contribution in [2.75, 3.05) is 18.4 Å². The van der Waals surface area contributed by atoms with Crippen molar-refractivity contribution >= 4 is 17.7 Å². The van der Waals surface area contributed by atoms with Gasteiger partial charge >= 0.3 is 5.97 Å². The van der Waals surface area contributed by atoms with Crippen LogP contribution in [0.5, 0.6) is 0 Å². The summed E-state index contributed by atoms with van der Waals surface area (Å²) in [7, 11) is 0. The zero-order valence-electron chi connectivity index (χ0n) is 17.0. The minimum atomic E-state index is -2.50. The number of nitrogens with zero attached hydrogens (tertiary/aromatic N) is 3. The van der Waals surface area contributed by atoms with Gasteiger partial charge < -0.3 is 15.0 Å². The Labute approximate surface area is 168 Å². The maximum atomic E-state index is 13.7. The highest BCUT2D eigenvalue weighted by atomic mass is 19.3. The summed E-state index contributed by atoms with van der Waals surface area (Å²) in [6.45, 7) is 6.44. The molecule has 0 radical (unpaired) electrons. The van der Waals surface area contributed by atoms with Gasteiger partial charge in [-0.05, 0) is 46.0 Å². The molecule has 4 heterocycles. The molecule has 1 amide bonds. The summed E-state index contributed by atoms with van der Waals surface area (Å²) in [5.74, 6) is -0.236. The number of amides is 1. The van der Waals surface area contributed by atoms with Gasteiger partial charge in [-0.3, -0.25) is 9.59 Å². The molecule has 2 saturated heterocycles. The number of halogens is 2. The second kappa shape index (κ2) is 7.25. The van der Waals surface area contributed by atoms with Gasteiger partial charge in [0.1, 0.15) is 17.5 Å². The second-order valence-electron chi connectivity index (χ2n) is 9.02. The van der Waals surface area contributed by atoms with Gasteiger partial charge in [-0.15, -0.1) is 0 Å². The van der Waals surface area contributed by atoms with Crippen molar-refractivity contribution in [3.63, 3.8) is 0 Å². The SMILES string of the molecule is Cc1cc2n(n1)[C@@H](C(F)F)C[C@@H](C1CCCN(C(=O)C3CC(=O)OC3(C)C)C1)N2. The van der Waals surface area contributed by atoms with E-state index < -0.39 is 24.0 Å². The van der Waals surface area contributed by atoms with E-state index in [0.29, 0.717) is 24.6 Å². The molecule has 0 bridgehead atoms. The van der Waals surface area contributed by atoms with Crippen molar-refractivity contribution in [1.29, 1.82) is 0 Å². The van der Waals surface area contributed by atoms with Crippen LogP contribution in [-0.4, -0.2) is 57.7 Å². The Balaban J connectivity index is 1.49. The molecular weight excluding hydrogens is 382 g/mol. The maximum Gasteiger partial charge on any atom is 0.307 e. The second-order valence-corrected chi connectivity index (χ2v) is 9.02. The van der Waals surface area contributed by atoms with Crippen LogP contribution in [0.15, 0.2) is 6.07 Å². The largest absolute Gasteiger partial charge is 0.459 e. The maximum absolute atomic E-state index is 13.7.